The van der Waals surface area contributed by atoms with Crippen LogP contribution in [0.5, 0.6) is 5.75 Å². The molecule has 0 aliphatic carbocycles. The number of ether oxygens (including phenoxy) is 2. The summed E-state index contributed by atoms with van der Waals surface area (Å²) in [5.74, 6) is -0.574. The predicted molar refractivity (Wildman–Crippen MR) is 90.4 cm³/mol. The van der Waals surface area contributed by atoms with Gasteiger partial charge in [0, 0.05) is 6.20 Å². The number of nitrogens with one attached hydrogen (secondary N) is 1. The number of carbonyl (C=O) groups is 2. The third kappa shape index (κ3) is 5.40. The second kappa shape index (κ2) is 8.52. The fourth-order valence-corrected chi connectivity index (χ4v) is 2.10. The van der Waals surface area contributed by atoms with Gasteiger partial charge in [-0.1, -0.05) is 41.4 Å². The Morgan fingerprint density at radius 2 is 1.96 bits per heavy atom. The van der Waals surface area contributed by atoms with Crippen LogP contribution in [0.25, 0.3) is 0 Å². The van der Waals surface area contributed by atoms with Crippen LogP contribution in [0.3, 0.4) is 0 Å². The van der Waals surface area contributed by atoms with Crippen molar-refractivity contribution in [2.24, 2.45) is 0 Å². The minimum Gasteiger partial charge on any atom is -0.482 e. The Hall–Kier alpha value is -2.31. The van der Waals surface area contributed by atoms with Gasteiger partial charge in [0.2, 0.25) is 0 Å². The number of amides is 1. The van der Waals surface area contributed by atoms with Crippen molar-refractivity contribution in [3.05, 3.63) is 52.6 Å². The molecule has 0 radical (unpaired) electrons. The number of esters is 1. The van der Waals surface area contributed by atoms with Crippen LogP contribution in [0.2, 0.25) is 10.0 Å². The molecule has 126 valence electrons. The SMILES string of the molecule is C[C@H](OC(=O)COc1ccccc1)C(=O)Nc1ncc(Cl)cc1Cl. The zero-order valence-corrected chi connectivity index (χ0v) is 14.2. The van der Waals surface area contributed by atoms with Crippen LogP contribution in [0, 0.1) is 0 Å². The molecule has 0 saturated heterocycles. The Morgan fingerprint density at radius 1 is 1.25 bits per heavy atom. The highest BCUT2D eigenvalue weighted by Gasteiger charge is 2.19. The fraction of sp³-hybridized carbons (Fsp3) is 0.188. The molecule has 0 aliphatic rings. The van der Waals surface area contributed by atoms with Gasteiger partial charge in [-0.05, 0) is 25.1 Å². The van der Waals surface area contributed by atoms with Crippen LogP contribution >= 0.6 is 23.2 Å². The van der Waals surface area contributed by atoms with Crippen molar-refractivity contribution in [2.45, 2.75) is 13.0 Å². The Morgan fingerprint density at radius 3 is 2.62 bits per heavy atom. The molecule has 0 spiro atoms. The van der Waals surface area contributed by atoms with Crippen LogP contribution in [0.4, 0.5) is 5.82 Å². The number of hydrogen-bond acceptors (Lipinski definition) is 5. The first-order chi connectivity index (χ1) is 11.5. The molecular formula is C16H14Cl2N2O4. The van der Waals surface area contributed by atoms with E-state index in [-0.39, 0.29) is 17.4 Å². The summed E-state index contributed by atoms with van der Waals surface area (Å²) in [6.07, 6.45) is 0.304. The van der Waals surface area contributed by atoms with Crippen LogP contribution in [-0.4, -0.2) is 29.6 Å². The highest BCUT2D eigenvalue weighted by Crippen LogP contribution is 2.22. The van der Waals surface area contributed by atoms with E-state index in [0.29, 0.717) is 10.8 Å². The highest BCUT2D eigenvalue weighted by atomic mass is 35.5. The summed E-state index contributed by atoms with van der Waals surface area (Å²) in [7, 11) is 0. The summed E-state index contributed by atoms with van der Waals surface area (Å²) in [6.45, 7) is 1.13. The Bertz CT molecular complexity index is 725. The maximum atomic E-state index is 12.0. The molecule has 8 heteroatoms. The maximum Gasteiger partial charge on any atom is 0.344 e. The molecule has 1 aromatic carbocycles. The molecular weight excluding hydrogens is 355 g/mol. The summed E-state index contributed by atoms with van der Waals surface area (Å²) < 4.78 is 10.2. The van der Waals surface area contributed by atoms with Crippen molar-refractivity contribution < 1.29 is 19.1 Å². The second-order valence-electron chi connectivity index (χ2n) is 4.71. The predicted octanol–water partition coefficient (Wildman–Crippen LogP) is 3.34. The van der Waals surface area contributed by atoms with Gasteiger partial charge in [0.05, 0.1) is 10.0 Å². The van der Waals surface area contributed by atoms with E-state index in [2.05, 4.69) is 10.3 Å². The molecule has 1 atom stereocenters. The summed E-state index contributed by atoms with van der Waals surface area (Å²) in [5.41, 5.74) is 0. The van der Waals surface area contributed by atoms with Gasteiger partial charge in [-0.15, -0.1) is 0 Å². The summed E-state index contributed by atoms with van der Waals surface area (Å²) >= 11 is 11.6. The van der Waals surface area contributed by atoms with E-state index in [0.717, 1.165) is 0 Å². The molecule has 6 nitrogen and oxygen atoms in total. The molecule has 2 rings (SSSR count). The van der Waals surface area contributed by atoms with Gasteiger partial charge in [-0.2, -0.15) is 0 Å². The average Bonchev–Trinajstić information content (AvgIpc) is 2.56. The minimum atomic E-state index is -1.04. The van der Waals surface area contributed by atoms with Gasteiger partial charge in [0.15, 0.2) is 18.5 Å². The van der Waals surface area contributed by atoms with Crippen molar-refractivity contribution in [1.82, 2.24) is 4.98 Å². The Labute approximate surface area is 148 Å². The van der Waals surface area contributed by atoms with Crippen LogP contribution in [0.15, 0.2) is 42.6 Å². The third-order valence-electron chi connectivity index (χ3n) is 2.83. The molecule has 1 aromatic heterocycles. The number of pyridine rings is 1. The largest absolute Gasteiger partial charge is 0.482 e. The van der Waals surface area contributed by atoms with Gasteiger partial charge in [0.25, 0.3) is 5.91 Å². The lowest BCUT2D eigenvalue weighted by atomic mass is 10.3. The van der Waals surface area contributed by atoms with Gasteiger partial charge in [-0.3, -0.25) is 4.79 Å². The molecule has 0 saturated carbocycles. The van der Waals surface area contributed by atoms with Crippen molar-refractivity contribution >= 4 is 40.9 Å². The first-order valence-electron chi connectivity index (χ1n) is 6.95. The lowest BCUT2D eigenvalue weighted by Gasteiger charge is -2.14. The first-order valence-corrected chi connectivity index (χ1v) is 7.70. The summed E-state index contributed by atoms with van der Waals surface area (Å²) in [6, 6.07) is 10.2. The lowest BCUT2D eigenvalue weighted by molar-refractivity contribution is -0.155. The summed E-state index contributed by atoms with van der Waals surface area (Å²) in [5, 5.41) is 2.98. The van der Waals surface area contributed by atoms with Crippen LogP contribution < -0.4 is 10.1 Å². The normalized spacial score (nSPS) is 11.5. The molecule has 1 heterocycles. The molecule has 2 aromatic rings. The Balaban J connectivity index is 1.83. The van der Waals surface area contributed by atoms with E-state index in [4.69, 9.17) is 32.7 Å². The molecule has 0 aliphatic heterocycles. The number of para-hydroxylation sites is 1. The second-order valence-corrected chi connectivity index (χ2v) is 5.55. The standard InChI is InChI=1S/C16H14Cl2N2O4/c1-10(16(22)20-15-13(18)7-11(17)8-19-15)24-14(21)9-23-12-5-3-2-4-6-12/h2-8,10H,9H2,1H3,(H,19,20,22)/t10-/m0/s1. The molecule has 0 bridgehead atoms. The zero-order chi connectivity index (χ0) is 17.5. The van der Waals surface area contributed by atoms with Crippen molar-refractivity contribution in [3.8, 4) is 5.75 Å². The van der Waals surface area contributed by atoms with Gasteiger partial charge < -0.3 is 14.8 Å². The van der Waals surface area contributed by atoms with Gasteiger partial charge >= 0.3 is 5.97 Å². The number of nitrogens with zero attached hydrogens (tertiary/aromatic N) is 1. The van der Waals surface area contributed by atoms with Crippen LogP contribution in [0.1, 0.15) is 6.92 Å². The van der Waals surface area contributed by atoms with E-state index < -0.39 is 18.0 Å². The van der Waals surface area contributed by atoms with Crippen molar-refractivity contribution in [2.75, 3.05) is 11.9 Å². The molecule has 24 heavy (non-hydrogen) atoms. The monoisotopic (exact) mass is 368 g/mol. The maximum absolute atomic E-state index is 12.0. The number of aromatic nitrogens is 1. The number of halogens is 2. The fourth-order valence-electron chi connectivity index (χ4n) is 1.67. The number of rotatable bonds is 6. The van der Waals surface area contributed by atoms with E-state index >= 15 is 0 Å². The zero-order valence-electron chi connectivity index (χ0n) is 12.7. The van der Waals surface area contributed by atoms with Gasteiger partial charge in [0.1, 0.15) is 5.75 Å². The number of benzene rings is 1. The Kier molecular flexibility index (Phi) is 6.40. The van der Waals surface area contributed by atoms with Crippen LogP contribution in [-0.2, 0) is 14.3 Å². The lowest BCUT2D eigenvalue weighted by Crippen LogP contribution is -2.32. The first kappa shape index (κ1) is 18.0. The third-order valence-corrected chi connectivity index (χ3v) is 3.32. The highest BCUT2D eigenvalue weighted by molar-refractivity contribution is 6.36. The van der Waals surface area contributed by atoms with Gasteiger partial charge in [-0.25, -0.2) is 9.78 Å². The quantitative estimate of drug-likeness (QED) is 0.791. The van der Waals surface area contributed by atoms with Crippen molar-refractivity contribution in [1.29, 1.82) is 0 Å². The number of hydrogen-bond donors (Lipinski definition) is 1. The molecule has 1 amide bonds. The van der Waals surface area contributed by atoms with Crippen molar-refractivity contribution in [3.63, 3.8) is 0 Å². The van der Waals surface area contributed by atoms with E-state index in [1.54, 1.807) is 24.3 Å². The van der Waals surface area contributed by atoms with E-state index in [9.17, 15) is 9.59 Å². The number of anilines is 1. The smallest absolute Gasteiger partial charge is 0.344 e. The minimum absolute atomic E-state index is 0.134. The average molecular weight is 369 g/mol. The summed E-state index contributed by atoms with van der Waals surface area (Å²) in [4.78, 5) is 27.6. The molecule has 1 N–H and O–H groups in total. The van der Waals surface area contributed by atoms with E-state index in [1.165, 1.54) is 19.2 Å². The van der Waals surface area contributed by atoms with E-state index in [1.807, 2.05) is 6.07 Å². The topological polar surface area (TPSA) is 77.5 Å². The number of carbonyl (C=O) groups excluding carboxylic acids is 2. The molecule has 0 unspecified atom stereocenters. The molecule has 0 fully saturated rings.